The zero-order valence-corrected chi connectivity index (χ0v) is 18.9. The zero-order chi connectivity index (χ0) is 23.4. The van der Waals surface area contributed by atoms with E-state index in [4.69, 9.17) is 21.1 Å². The number of amides is 1. The van der Waals surface area contributed by atoms with Crippen molar-refractivity contribution in [2.75, 3.05) is 7.11 Å². The van der Waals surface area contributed by atoms with Gasteiger partial charge in [0.1, 0.15) is 5.82 Å². The van der Waals surface area contributed by atoms with Gasteiger partial charge >= 0.3 is 6.55 Å². The molecule has 3 aromatic rings. The van der Waals surface area contributed by atoms with E-state index in [1.807, 2.05) is 13.8 Å². The van der Waals surface area contributed by atoms with Gasteiger partial charge in [-0.3, -0.25) is 9.36 Å². The first kappa shape index (κ1) is 23.5. The lowest BCUT2D eigenvalue weighted by Crippen LogP contribution is -2.27. The van der Waals surface area contributed by atoms with E-state index in [1.54, 1.807) is 49.4 Å². The number of halogens is 3. The van der Waals surface area contributed by atoms with Crippen LogP contribution in [0.5, 0.6) is 11.5 Å². The number of para-hydroxylation sites is 2. The number of fused-ring (bicyclic) bond motifs is 1. The van der Waals surface area contributed by atoms with Gasteiger partial charge in [0.05, 0.1) is 35.3 Å². The molecule has 0 saturated carbocycles. The summed E-state index contributed by atoms with van der Waals surface area (Å²) in [5.74, 6) is 0.460. The molecule has 9 heteroatoms. The van der Waals surface area contributed by atoms with Crippen LogP contribution in [-0.4, -0.2) is 28.7 Å². The Morgan fingerprint density at radius 2 is 1.94 bits per heavy atom. The van der Waals surface area contributed by atoms with Gasteiger partial charge < -0.3 is 14.8 Å². The number of ether oxygens (including phenoxy) is 2. The summed E-state index contributed by atoms with van der Waals surface area (Å²) in [7, 11) is 1.50. The van der Waals surface area contributed by atoms with Gasteiger partial charge in [0, 0.05) is 6.08 Å². The van der Waals surface area contributed by atoms with Gasteiger partial charge in [-0.05, 0) is 56.7 Å². The van der Waals surface area contributed by atoms with Crippen molar-refractivity contribution in [3.63, 3.8) is 0 Å². The average Bonchev–Trinajstić information content (AvgIpc) is 3.13. The summed E-state index contributed by atoms with van der Waals surface area (Å²) < 4.78 is 39.1. The summed E-state index contributed by atoms with van der Waals surface area (Å²) in [6.07, 6.45) is 2.75. The van der Waals surface area contributed by atoms with E-state index in [-0.39, 0.29) is 11.9 Å². The summed E-state index contributed by atoms with van der Waals surface area (Å²) in [5.41, 5.74) is 1.36. The largest absolute Gasteiger partial charge is 0.493 e. The molecule has 1 N–H and O–H groups in total. The first-order valence-electron chi connectivity index (χ1n) is 9.99. The second-order valence-electron chi connectivity index (χ2n) is 7.37. The number of nitrogens with zero attached hydrogens (tertiary/aromatic N) is 2. The summed E-state index contributed by atoms with van der Waals surface area (Å²) >= 11 is 6.30. The molecule has 0 aliphatic heterocycles. The molecule has 1 heterocycles. The molecule has 2 aromatic carbocycles. The number of imidazole rings is 1. The predicted molar refractivity (Wildman–Crippen MR) is 120 cm³/mol. The number of carbonyl (C=O) groups is 1. The molecule has 0 aliphatic rings. The third kappa shape index (κ3) is 5.19. The Bertz CT molecular complexity index is 1140. The molecule has 0 bridgehead atoms. The van der Waals surface area contributed by atoms with E-state index in [9.17, 15) is 13.6 Å². The highest BCUT2D eigenvalue weighted by Gasteiger charge is 2.22. The summed E-state index contributed by atoms with van der Waals surface area (Å²) in [5, 5.41) is 3.02. The Labute approximate surface area is 189 Å². The summed E-state index contributed by atoms with van der Waals surface area (Å²) in [4.78, 5) is 16.7. The summed E-state index contributed by atoms with van der Waals surface area (Å²) in [6.45, 7) is 2.56. The molecule has 0 radical (unpaired) electrons. The van der Waals surface area contributed by atoms with Crippen molar-refractivity contribution >= 4 is 34.6 Å². The fourth-order valence-corrected chi connectivity index (χ4v) is 3.52. The van der Waals surface area contributed by atoms with Crippen LogP contribution in [0, 0.1) is 0 Å². The standard InChI is InChI=1S/C23H24ClF2N3O3/c1-13(2)32-21-16(24)11-15(12-19(21)31-4)9-10-20(30)27-14(3)22-28-17-7-5-6-8-18(17)29(22)23(25)26/h5-14,23H,1-4H3,(H,27,30)/b10-9+. The minimum atomic E-state index is -2.78. The third-order valence-electron chi connectivity index (χ3n) is 4.60. The second kappa shape index (κ2) is 9.99. The maximum Gasteiger partial charge on any atom is 0.320 e. The fraction of sp³-hybridized carbons (Fsp3) is 0.304. The van der Waals surface area contributed by atoms with Crippen LogP contribution in [-0.2, 0) is 4.79 Å². The van der Waals surface area contributed by atoms with Crippen LogP contribution >= 0.6 is 11.6 Å². The molecule has 1 atom stereocenters. The molecular weight excluding hydrogens is 440 g/mol. The fourth-order valence-electron chi connectivity index (χ4n) is 3.26. The monoisotopic (exact) mass is 463 g/mol. The molecule has 1 aromatic heterocycles. The highest BCUT2D eigenvalue weighted by molar-refractivity contribution is 6.32. The van der Waals surface area contributed by atoms with Gasteiger partial charge in [-0.15, -0.1) is 0 Å². The molecule has 1 unspecified atom stereocenters. The Morgan fingerprint density at radius 1 is 1.22 bits per heavy atom. The quantitative estimate of drug-likeness (QED) is 0.430. The van der Waals surface area contributed by atoms with E-state index >= 15 is 0 Å². The first-order chi connectivity index (χ1) is 15.2. The van der Waals surface area contributed by atoms with E-state index in [1.165, 1.54) is 13.2 Å². The van der Waals surface area contributed by atoms with E-state index < -0.39 is 18.5 Å². The van der Waals surface area contributed by atoms with Gasteiger partial charge in [0.2, 0.25) is 5.91 Å². The number of alkyl halides is 2. The SMILES string of the molecule is COc1cc(/C=C/C(=O)NC(C)c2nc3ccccc3n2C(F)F)cc(Cl)c1OC(C)C. The number of nitrogens with one attached hydrogen (secondary N) is 1. The van der Waals surface area contributed by atoms with Gasteiger partial charge in [0.15, 0.2) is 11.5 Å². The second-order valence-corrected chi connectivity index (χ2v) is 7.78. The minimum absolute atomic E-state index is 0.0721. The van der Waals surface area contributed by atoms with Crippen molar-refractivity contribution < 1.29 is 23.0 Å². The van der Waals surface area contributed by atoms with Crippen LogP contribution in [0.2, 0.25) is 5.02 Å². The van der Waals surface area contributed by atoms with Crippen LogP contribution in [0.15, 0.2) is 42.5 Å². The molecule has 6 nitrogen and oxygen atoms in total. The number of carbonyl (C=O) groups excluding carboxylic acids is 1. The maximum atomic E-state index is 13.6. The molecule has 0 spiro atoms. The number of rotatable bonds is 8. The number of methoxy groups -OCH3 is 1. The topological polar surface area (TPSA) is 65.4 Å². The minimum Gasteiger partial charge on any atom is -0.493 e. The highest BCUT2D eigenvalue weighted by Crippen LogP contribution is 2.37. The number of hydrogen-bond acceptors (Lipinski definition) is 4. The smallest absolute Gasteiger partial charge is 0.320 e. The lowest BCUT2D eigenvalue weighted by molar-refractivity contribution is -0.117. The van der Waals surface area contributed by atoms with Crippen LogP contribution in [0.3, 0.4) is 0 Å². The van der Waals surface area contributed by atoms with Crippen LogP contribution in [0.4, 0.5) is 8.78 Å². The molecule has 0 saturated heterocycles. The molecular formula is C23H24ClF2N3O3. The molecule has 0 aliphatic carbocycles. The molecule has 3 rings (SSSR count). The van der Waals surface area contributed by atoms with E-state index in [0.717, 1.165) is 4.57 Å². The molecule has 32 heavy (non-hydrogen) atoms. The Balaban J connectivity index is 1.78. The highest BCUT2D eigenvalue weighted by atomic mass is 35.5. The van der Waals surface area contributed by atoms with Crippen LogP contribution in [0.1, 0.15) is 44.8 Å². The van der Waals surface area contributed by atoms with Crippen molar-refractivity contribution in [3.05, 3.63) is 58.9 Å². The lowest BCUT2D eigenvalue weighted by atomic mass is 10.1. The van der Waals surface area contributed by atoms with E-state index in [0.29, 0.717) is 33.1 Å². The van der Waals surface area contributed by atoms with Crippen molar-refractivity contribution in [2.45, 2.75) is 39.5 Å². The van der Waals surface area contributed by atoms with Crippen LogP contribution < -0.4 is 14.8 Å². The van der Waals surface area contributed by atoms with Crippen LogP contribution in [0.25, 0.3) is 17.1 Å². The molecule has 170 valence electrons. The Kier molecular flexibility index (Phi) is 7.35. The van der Waals surface area contributed by atoms with Crippen molar-refractivity contribution in [1.82, 2.24) is 14.9 Å². The van der Waals surface area contributed by atoms with Gasteiger partial charge in [-0.25, -0.2) is 4.98 Å². The zero-order valence-electron chi connectivity index (χ0n) is 18.1. The van der Waals surface area contributed by atoms with Crippen molar-refractivity contribution in [3.8, 4) is 11.5 Å². The lowest BCUT2D eigenvalue weighted by Gasteiger charge is -2.16. The number of hydrogen-bond donors (Lipinski definition) is 1. The molecule has 0 fully saturated rings. The third-order valence-corrected chi connectivity index (χ3v) is 4.88. The van der Waals surface area contributed by atoms with Gasteiger partial charge in [0.25, 0.3) is 0 Å². The average molecular weight is 464 g/mol. The predicted octanol–water partition coefficient (Wildman–Crippen LogP) is 5.77. The van der Waals surface area contributed by atoms with Crippen molar-refractivity contribution in [1.29, 1.82) is 0 Å². The van der Waals surface area contributed by atoms with E-state index in [2.05, 4.69) is 10.3 Å². The normalized spacial score (nSPS) is 12.7. The molecule has 1 amide bonds. The maximum absolute atomic E-state index is 13.6. The Morgan fingerprint density at radius 3 is 2.59 bits per heavy atom. The first-order valence-corrected chi connectivity index (χ1v) is 10.4. The summed E-state index contributed by atoms with van der Waals surface area (Å²) in [6, 6.07) is 9.19. The number of benzene rings is 2. The van der Waals surface area contributed by atoms with Gasteiger partial charge in [-0.1, -0.05) is 23.7 Å². The van der Waals surface area contributed by atoms with Crippen molar-refractivity contribution in [2.24, 2.45) is 0 Å². The number of aromatic nitrogens is 2. The van der Waals surface area contributed by atoms with Gasteiger partial charge in [-0.2, -0.15) is 8.78 Å². The Hall–Kier alpha value is -3.13.